The number of para-hydroxylation sites is 1. The molecule has 1 saturated heterocycles. The Bertz CT molecular complexity index is 729. The third kappa shape index (κ3) is 5.71. The third-order valence-corrected chi connectivity index (χ3v) is 5.37. The number of fused-ring (bicyclic) bond motifs is 1. The van der Waals surface area contributed by atoms with Gasteiger partial charge in [0.1, 0.15) is 0 Å². The number of aliphatic imine (C=N–C) groups is 1. The van der Waals surface area contributed by atoms with Crippen molar-refractivity contribution in [2.45, 2.75) is 13.3 Å². The molecule has 6 nitrogen and oxygen atoms in total. The number of hydrogen-bond acceptors (Lipinski definition) is 3. The van der Waals surface area contributed by atoms with Gasteiger partial charge in [0.25, 0.3) is 0 Å². The molecule has 0 saturated carbocycles. The largest absolute Gasteiger partial charge is 0.361 e. The van der Waals surface area contributed by atoms with Crippen LogP contribution in [0.4, 0.5) is 0 Å². The van der Waals surface area contributed by atoms with Gasteiger partial charge in [0.15, 0.2) is 5.96 Å². The van der Waals surface area contributed by atoms with Crippen LogP contribution >= 0.6 is 0 Å². The van der Waals surface area contributed by atoms with Crippen LogP contribution in [-0.2, 0) is 6.42 Å². The van der Waals surface area contributed by atoms with Gasteiger partial charge < -0.3 is 25.4 Å². The highest BCUT2D eigenvalue weighted by atomic mass is 15.2. The number of H-pyrrole nitrogens is 1. The molecule has 1 fully saturated rings. The van der Waals surface area contributed by atoms with Gasteiger partial charge in [-0.05, 0) is 31.0 Å². The maximum Gasteiger partial charge on any atom is 0.190 e. The molecular formula is C21H34N6. The fourth-order valence-electron chi connectivity index (χ4n) is 3.68. The van der Waals surface area contributed by atoms with Crippen molar-refractivity contribution in [1.82, 2.24) is 25.4 Å². The predicted octanol–water partition coefficient (Wildman–Crippen LogP) is 1.76. The molecular weight excluding hydrogens is 336 g/mol. The van der Waals surface area contributed by atoms with Gasteiger partial charge >= 0.3 is 0 Å². The van der Waals surface area contributed by atoms with E-state index in [1.54, 1.807) is 0 Å². The van der Waals surface area contributed by atoms with Gasteiger partial charge in [0.2, 0.25) is 0 Å². The van der Waals surface area contributed by atoms with Gasteiger partial charge in [-0.2, -0.15) is 0 Å². The minimum atomic E-state index is 0.598. The smallest absolute Gasteiger partial charge is 0.190 e. The van der Waals surface area contributed by atoms with Crippen LogP contribution in [-0.4, -0.2) is 80.7 Å². The standard InChI is InChI=1S/C21H34N6/c1-17(16-27-12-10-26(3)11-13-27)14-25-21(22-2)23-9-8-18-15-24-20-7-5-4-6-19(18)20/h4-7,15,17,24H,8-14,16H2,1-3H3,(H2,22,23,25). The highest BCUT2D eigenvalue weighted by Gasteiger charge is 2.16. The Morgan fingerprint density at radius 1 is 1.19 bits per heavy atom. The van der Waals surface area contributed by atoms with E-state index in [1.165, 1.54) is 42.6 Å². The summed E-state index contributed by atoms with van der Waals surface area (Å²) in [6.45, 7) is 9.98. The zero-order chi connectivity index (χ0) is 19.1. The summed E-state index contributed by atoms with van der Waals surface area (Å²) in [4.78, 5) is 12.7. The molecule has 1 aromatic heterocycles. The monoisotopic (exact) mass is 370 g/mol. The van der Waals surface area contributed by atoms with E-state index >= 15 is 0 Å². The fourth-order valence-corrected chi connectivity index (χ4v) is 3.68. The summed E-state index contributed by atoms with van der Waals surface area (Å²) in [6.07, 6.45) is 3.09. The zero-order valence-electron chi connectivity index (χ0n) is 17.0. The molecule has 0 bridgehead atoms. The van der Waals surface area contributed by atoms with Gasteiger partial charge in [0, 0.05) is 70.0 Å². The topological polar surface area (TPSA) is 58.7 Å². The number of rotatable bonds is 7. The van der Waals surface area contributed by atoms with Crippen LogP contribution in [0.25, 0.3) is 10.9 Å². The Hall–Kier alpha value is -2.05. The summed E-state index contributed by atoms with van der Waals surface area (Å²) in [6, 6.07) is 8.45. The van der Waals surface area contributed by atoms with Crippen LogP contribution in [0, 0.1) is 5.92 Å². The summed E-state index contributed by atoms with van der Waals surface area (Å²) in [5.74, 6) is 1.49. The molecule has 1 unspecified atom stereocenters. The fraction of sp³-hybridized carbons (Fsp3) is 0.571. The Balaban J connectivity index is 1.38. The van der Waals surface area contributed by atoms with Gasteiger partial charge in [-0.1, -0.05) is 25.1 Å². The van der Waals surface area contributed by atoms with Crippen LogP contribution in [0.15, 0.2) is 35.5 Å². The van der Waals surface area contributed by atoms with E-state index in [1.807, 2.05) is 7.05 Å². The van der Waals surface area contributed by atoms with E-state index in [0.29, 0.717) is 5.92 Å². The first kappa shape index (κ1) is 19.7. The SMILES string of the molecule is CN=C(NCCc1c[nH]c2ccccc12)NCC(C)CN1CCN(C)CC1. The average Bonchev–Trinajstić information content (AvgIpc) is 3.09. The van der Waals surface area contributed by atoms with Crippen molar-refractivity contribution in [2.24, 2.45) is 10.9 Å². The molecule has 1 aromatic carbocycles. The van der Waals surface area contributed by atoms with Crippen molar-refractivity contribution in [3.8, 4) is 0 Å². The second-order valence-corrected chi connectivity index (χ2v) is 7.70. The molecule has 2 aromatic rings. The molecule has 0 aliphatic carbocycles. The van der Waals surface area contributed by atoms with E-state index in [-0.39, 0.29) is 0 Å². The van der Waals surface area contributed by atoms with Crippen molar-refractivity contribution in [3.05, 3.63) is 36.0 Å². The first-order chi connectivity index (χ1) is 13.2. The second kappa shape index (κ2) is 9.76. The highest BCUT2D eigenvalue weighted by Crippen LogP contribution is 2.17. The normalized spacial score (nSPS) is 18.0. The average molecular weight is 371 g/mol. The molecule has 3 rings (SSSR count). The van der Waals surface area contributed by atoms with Crippen molar-refractivity contribution in [1.29, 1.82) is 0 Å². The lowest BCUT2D eigenvalue weighted by Crippen LogP contribution is -2.47. The quantitative estimate of drug-likeness (QED) is 0.513. The minimum absolute atomic E-state index is 0.598. The van der Waals surface area contributed by atoms with E-state index in [4.69, 9.17) is 0 Å². The maximum absolute atomic E-state index is 4.36. The number of benzene rings is 1. The van der Waals surface area contributed by atoms with Crippen LogP contribution in [0.2, 0.25) is 0 Å². The number of nitrogens with zero attached hydrogens (tertiary/aromatic N) is 3. The van der Waals surface area contributed by atoms with Gasteiger partial charge in [-0.15, -0.1) is 0 Å². The summed E-state index contributed by atoms with van der Waals surface area (Å²) < 4.78 is 0. The second-order valence-electron chi connectivity index (χ2n) is 7.70. The Kier molecular flexibility index (Phi) is 7.12. The van der Waals surface area contributed by atoms with Crippen LogP contribution in [0.1, 0.15) is 12.5 Å². The van der Waals surface area contributed by atoms with Crippen molar-refractivity contribution < 1.29 is 0 Å². The van der Waals surface area contributed by atoms with Crippen molar-refractivity contribution >= 4 is 16.9 Å². The first-order valence-electron chi connectivity index (χ1n) is 10.1. The Labute approximate surface area is 163 Å². The summed E-state index contributed by atoms with van der Waals surface area (Å²) in [5.41, 5.74) is 2.55. The molecule has 6 heteroatoms. The summed E-state index contributed by atoms with van der Waals surface area (Å²) in [7, 11) is 4.04. The lowest BCUT2D eigenvalue weighted by Gasteiger charge is -2.34. The maximum atomic E-state index is 4.36. The summed E-state index contributed by atoms with van der Waals surface area (Å²) >= 11 is 0. The van der Waals surface area contributed by atoms with Crippen LogP contribution in [0.3, 0.4) is 0 Å². The predicted molar refractivity (Wildman–Crippen MR) is 114 cm³/mol. The molecule has 0 spiro atoms. The molecule has 1 aliphatic rings. The van der Waals surface area contributed by atoms with E-state index in [0.717, 1.165) is 32.0 Å². The highest BCUT2D eigenvalue weighted by molar-refractivity contribution is 5.83. The van der Waals surface area contributed by atoms with Crippen LogP contribution < -0.4 is 10.6 Å². The van der Waals surface area contributed by atoms with Crippen LogP contribution in [0.5, 0.6) is 0 Å². The number of hydrogen-bond donors (Lipinski definition) is 3. The van der Waals surface area contributed by atoms with E-state index < -0.39 is 0 Å². The molecule has 1 atom stereocenters. The van der Waals surface area contributed by atoms with Gasteiger partial charge in [-0.25, -0.2) is 0 Å². The number of nitrogens with one attached hydrogen (secondary N) is 3. The number of likely N-dealkylation sites (N-methyl/N-ethyl adjacent to an activating group) is 1. The first-order valence-corrected chi connectivity index (χ1v) is 10.1. The molecule has 1 aliphatic heterocycles. The third-order valence-electron chi connectivity index (χ3n) is 5.37. The molecule has 0 amide bonds. The minimum Gasteiger partial charge on any atom is -0.361 e. The lowest BCUT2D eigenvalue weighted by molar-refractivity contribution is 0.139. The van der Waals surface area contributed by atoms with E-state index in [2.05, 4.69) is 74.8 Å². The zero-order valence-corrected chi connectivity index (χ0v) is 17.0. The molecule has 2 heterocycles. The van der Waals surface area contributed by atoms with Crippen molar-refractivity contribution in [2.75, 3.05) is 59.9 Å². The summed E-state index contributed by atoms with van der Waals surface area (Å²) in [5, 5.41) is 8.23. The molecule has 0 radical (unpaired) electrons. The number of aromatic nitrogens is 1. The number of guanidine groups is 1. The molecule has 148 valence electrons. The Morgan fingerprint density at radius 2 is 1.96 bits per heavy atom. The van der Waals surface area contributed by atoms with Crippen molar-refractivity contribution in [3.63, 3.8) is 0 Å². The lowest BCUT2D eigenvalue weighted by atomic mass is 10.1. The number of aromatic amines is 1. The Morgan fingerprint density at radius 3 is 2.74 bits per heavy atom. The van der Waals surface area contributed by atoms with E-state index in [9.17, 15) is 0 Å². The van der Waals surface area contributed by atoms with Gasteiger partial charge in [0.05, 0.1) is 0 Å². The van der Waals surface area contributed by atoms with Gasteiger partial charge in [-0.3, -0.25) is 4.99 Å². The number of piperazine rings is 1. The molecule has 27 heavy (non-hydrogen) atoms. The molecule has 3 N–H and O–H groups in total.